The van der Waals surface area contributed by atoms with Gasteiger partial charge in [-0.2, -0.15) is 0 Å². The minimum absolute atomic E-state index is 0.279. The Kier molecular flexibility index (Phi) is 3.33. The van der Waals surface area contributed by atoms with Gasteiger partial charge >= 0.3 is 9.28 Å². The SMILES string of the molecule is CCO[Si](OCC)C12C=CC(C1)C(C)C2. The molecule has 2 aliphatic rings. The molecule has 2 nitrogen and oxygen atoms in total. The molecule has 1 radical (unpaired) electrons. The first-order valence-corrected chi connectivity index (χ1v) is 7.36. The highest BCUT2D eigenvalue weighted by Crippen LogP contribution is 2.59. The minimum Gasteiger partial charge on any atom is -0.393 e. The fourth-order valence-electron chi connectivity index (χ4n) is 2.96. The summed E-state index contributed by atoms with van der Waals surface area (Å²) >= 11 is 0. The van der Waals surface area contributed by atoms with Gasteiger partial charge in [0.2, 0.25) is 0 Å². The predicted octanol–water partition coefficient (Wildman–Crippen LogP) is 2.90. The molecular weight excluding hydrogens is 204 g/mol. The zero-order chi connectivity index (χ0) is 10.9. The van der Waals surface area contributed by atoms with Gasteiger partial charge < -0.3 is 8.85 Å². The fraction of sp³-hybridized carbons (Fsp3) is 0.833. The summed E-state index contributed by atoms with van der Waals surface area (Å²) in [6, 6.07) is 0. The van der Waals surface area contributed by atoms with Crippen LogP contribution in [0.2, 0.25) is 5.04 Å². The van der Waals surface area contributed by atoms with Crippen LogP contribution in [-0.4, -0.2) is 22.5 Å². The molecule has 0 aromatic heterocycles. The fourth-order valence-corrected chi connectivity index (χ4v) is 5.26. The molecule has 2 bridgehead atoms. The van der Waals surface area contributed by atoms with E-state index in [1.807, 2.05) is 0 Å². The van der Waals surface area contributed by atoms with Crippen molar-refractivity contribution in [1.29, 1.82) is 0 Å². The van der Waals surface area contributed by atoms with Crippen molar-refractivity contribution in [3.05, 3.63) is 12.2 Å². The average molecular weight is 225 g/mol. The van der Waals surface area contributed by atoms with E-state index in [1.165, 1.54) is 12.8 Å². The molecule has 0 aliphatic heterocycles. The van der Waals surface area contributed by atoms with Crippen molar-refractivity contribution in [3.8, 4) is 0 Å². The largest absolute Gasteiger partial charge is 0.395 e. The standard InChI is InChI=1S/C12H21O2Si/c1-4-13-15(14-5-2)12-7-6-11(9-12)10(3)8-12/h6-7,10-11H,4-5,8-9H2,1-3H3. The third kappa shape index (κ3) is 1.93. The summed E-state index contributed by atoms with van der Waals surface area (Å²) in [5.74, 6) is 1.60. The smallest absolute Gasteiger partial charge is 0.393 e. The van der Waals surface area contributed by atoms with E-state index in [1.54, 1.807) is 0 Å². The van der Waals surface area contributed by atoms with Crippen molar-refractivity contribution in [1.82, 2.24) is 0 Å². The van der Waals surface area contributed by atoms with Crippen molar-refractivity contribution in [2.45, 2.75) is 38.7 Å². The number of fused-ring (bicyclic) bond motifs is 2. The summed E-state index contributed by atoms with van der Waals surface area (Å²) in [6.45, 7) is 8.04. The monoisotopic (exact) mass is 225 g/mol. The van der Waals surface area contributed by atoms with Gasteiger partial charge in [0.25, 0.3) is 0 Å². The van der Waals surface area contributed by atoms with E-state index in [2.05, 4.69) is 32.9 Å². The van der Waals surface area contributed by atoms with Gasteiger partial charge in [-0.3, -0.25) is 0 Å². The first-order chi connectivity index (χ1) is 7.22. The molecule has 0 amide bonds. The second kappa shape index (κ2) is 4.40. The lowest BCUT2D eigenvalue weighted by Crippen LogP contribution is -2.35. The lowest BCUT2D eigenvalue weighted by Gasteiger charge is -2.30. The van der Waals surface area contributed by atoms with Crippen LogP contribution in [-0.2, 0) is 8.85 Å². The van der Waals surface area contributed by atoms with Crippen LogP contribution < -0.4 is 0 Å². The van der Waals surface area contributed by atoms with E-state index in [-0.39, 0.29) is 5.04 Å². The Labute approximate surface area is 94.5 Å². The van der Waals surface area contributed by atoms with Crippen LogP contribution in [0.5, 0.6) is 0 Å². The second-order valence-electron chi connectivity index (χ2n) is 4.72. The summed E-state index contributed by atoms with van der Waals surface area (Å²) < 4.78 is 11.7. The number of allylic oxidation sites excluding steroid dienone is 2. The Hall–Kier alpha value is -0.123. The van der Waals surface area contributed by atoms with Crippen LogP contribution in [0.3, 0.4) is 0 Å². The molecule has 2 rings (SSSR count). The first-order valence-electron chi connectivity index (χ1n) is 6.04. The first kappa shape index (κ1) is 11.4. The van der Waals surface area contributed by atoms with E-state index in [0.717, 1.165) is 25.0 Å². The molecule has 2 aliphatic carbocycles. The molecule has 3 unspecified atom stereocenters. The van der Waals surface area contributed by atoms with E-state index in [0.29, 0.717) is 0 Å². The molecule has 85 valence electrons. The van der Waals surface area contributed by atoms with Gasteiger partial charge in [-0.1, -0.05) is 19.1 Å². The second-order valence-corrected chi connectivity index (χ2v) is 6.87. The van der Waals surface area contributed by atoms with Crippen LogP contribution in [0.4, 0.5) is 0 Å². The predicted molar refractivity (Wildman–Crippen MR) is 62.7 cm³/mol. The maximum Gasteiger partial charge on any atom is 0.395 e. The highest BCUT2D eigenvalue weighted by atomic mass is 28.3. The quantitative estimate of drug-likeness (QED) is 0.529. The molecule has 0 heterocycles. The summed E-state index contributed by atoms with van der Waals surface area (Å²) in [6.07, 6.45) is 7.30. The summed E-state index contributed by atoms with van der Waals surface area (Å²) in [5.41, 5.74) is 0. The van der Waals surface area contributed by atoms with E-state index >= 15 is 0 Å². The summed E-state index contributed by atoms with van der Waals surface area (Å²) in [5, 5.41) is 0.279. The van der Waals surface area contributed by atoms with Gasteiger partial charge in [-0.15, -0.1) is 0 Å². The minimum atomic E-state index is -1.11. The van der Waals surface area contributed by atoms with Crippen molar-refractivity contribution >= 4 is 9.28 Å². The van der Waals surface area contributed by atoms with E-state index in [9.17, 15) is 0 Å². The Balaban J connectivity index is 2.10. The molecular formula is C12H21O2Si. The summed E-state index contributed by atoms with van der Waals surface area (Å²) in [7, 11) is -1.11. The van der Waals surface area contributed by atoms with Crippen molar-refractivity contribution in [2.24, 2.45) is 11.8 Å². The molecule has 0 aromatic rings. The maximum absolute atomic E-state index is 5.86. The molecule has 1 fully saturated rings. The van der Waals surface area contributed by atoms with Crippen molar-refractivity contribution in [3.63, 3.8) is 0 Å². The molecule has 3 heteroatoms. The van der Waals surface area contributed by atoms with Crippen LogP contribution in [0.25, 0.3) is 0 Å². The molecule has 0 N–H and O–H groups in total. The van der Waals surface area contributed by atoms with Gasteiger partial charge in [-0.25, -0.2) is 0 Å². The normalized spacial score (nSPS) is 38.1. The van der Waals surface area contributed by atoms with Crippen LogP contribution in [0.15, 0.2) is 12.2 Å². The van der Waals surface area contributed by atoms with Gasteiger partial charge in [0.1, 0.15) is 0 Å². The molecule has 15 heavy (non-hydrogen) atoms. The Morgan fingerprint density at radius 2 is 1.93 bits per heavy atom. The van der Waals surface area contributed by atoms with E-state index < -0.39 is 9.28 Å². The lowest BCUT2D eigenvalue weighted by molar-refractivity contribution is 0.192. The van der Waals surface area contributed by atoms with Crippen LogP contribution in [0, 0.1) is 11.8 Å². The Bertz CT molecular complexity index is 248. The zero-order valence-corrected chi connectivity index (χ0v) is 11.0. The van der Waals surface area contributed by atoms with Crippen LogP contribution in [0.1, 0.15) is 33.6 Å². The highest BCUT2D eigenvalue weighted by Gasteiger charge is 2.53. The van der Waals surface area contributed by atoms with Gasteiger partial charge in [-0.05, 0) is 38.5 Å². The highest BCUT2D eigenvalue weighted by molar-refractivity contribution is 6.49. The lowest BCUT2D eigenvalue weighted by atomic mass is 9.96. The number of hydrogen-bond donors (Lipinski definition) is 0. The molecule has 1 saturated carbocycles. The number of hydrogen-bond acceptors (Lipinski definition) is 2. The maximum atomic E-state index is 5.86. The Morgan fingerprint density at radius 1 is 1.27 bits per heavy atom. The third-order valence-corrected chi connectivity index (χ3v) is 6.13. The van der Waals surface area contributed by atoms with Gasteiger partial charge in [0.05, 0.1) is 0 Å². The van der Waals surface area contributed by atoms with Crippen LogP contribution >= 0.6 is 0 Å². The van der Waals surface area contributed by atoms with Gasteiger partial charge in [0, 0.05) is 18.3 Å². The number of rotatable bonds is 5. The average Bonchev–Trinajstić information content (AvgIpc) is 2.75. The van der Waals surface area contributed by atoms with E-state index in [4.69, 9.17) is 8.85 Å². The molecule has 3 atom stereocenters. The summed E-state index contributed by atoms with van der Waals surface area (Å²) in [4.78, 5) is 0. The topological polar surface area (TPSA) is 18.5 Å². The van der Waals surface area contributed by atoms with Gasteiger partial charge in [0.15, 0.2) is 0 Å². The molecule has 0 aromatic carbocycles. The molecule has 0 spiro atoms. The van der Waals surface area contributed by atoms with Crippen molar-refractivity contribution in [2.75, 3.05) is 13.2 Å². The third-order valence-electron chi connectivity index (χ3n) is 3.64. The molecule has 0 saturated heterocycles. The van der Waals surface area contributed by atoms with Crippen molar-refractivity contribution < 1.29 is 8.85 Å². The zero-order valence-electron chi connectivity index (χ0n) is 9.95. The Morgan fingerprint density at radius 3 is 2.33 bits per heavy atom.